The maximum Gasteiger partial charge on any atom is 0.106 e. The van der Waals surface area contributed by atoms with Gasteiger partial charge in [0.25, 0.3) is 0 Å². The Kier molecular flexibility index (Phi) is 7.65. The van der Waals surface area contributed by atoms with Crippen LogP contribution >= 0.6 is 0 Å². The van der Waals surface area contributed by atoms with Gasteiger partial charge < -0.3 is 9.45 Å². The van der Waals surface area contributed by atoms with E-state index in [1.165, 1.54) is 25.9 Å². The summed E-state index contributed by atoms with van der Waals surface area (Å²) in [6.07, 6.45) is 6.16. The van der Waals surface area contributed by atoms with Gasteiger partial charge in [0.1, 0.15) is 11.5 Å². The summed E-state index contributed by atoms with van der Waals surface area (Å²) in [6, 6.07) is 2.12. The number of hydrogen-bond donors (Lipinski definition) is 0. The van der Waals surface area contributed by atoms with E-state index >= 15 is 0 Å². The zero-order chi connectivity index (χ0) is 11.6. The molecular weight excluding hydrogens is 220 g/mol. The van der Waals surface area contributed by atoms with Gasteiger partial charge in [-0.1, -0.05) is 11.2 Å². The first kappa shape index (κ1) is 13.8. The molecule has 0 aromatic heterocycles. The van der Waals surface area contributed by atoms with Crippen molar-refractivity contribution < 1.29 is 4.55 Å². The number of hydrogen-bond acceptors (Lipinski definition) is 3. The van der Waals surface area contributed by atoms with E-state index in [0.717, 1.165) is 37.3 Å². The summed E-state index contributed by atoms with van der Waals surface area (Å²) in [5, 5.41) is 8.36. The topological polar surface area (TPSA) is 50.1 Å². The van der Waals surface area contributed by atoms with Crippen molar-refractivity contribution in [2.24, 2.45) is 0 Å². The predicted molar refractivity (Wildman–Crippen MR) is 67.6 cm³/mol. The van der Waals surface area contributed by atoms with Gasteiger partial charge in [0.2, 0.25) is 0 Å². The van der Waals surface area contributed by atoms with E-state index in [9.17, 15) is 4.55 Å². The molecule has 1 aliphatic heterocycles. The molecule has 1 rings (SSSR count). The van der Waals surface area contributed by atoms with Crippen LogP contribution in [-0.4, -0.2) is 40.6 Å². The van der Waals surface area contributed by atoms with Gasteiger partial charge in [-0.3, -0.25) is 0 Å². The van der Waals surface area contributed by atoms with E-state index in [-0.39, 0.29) is 0 Å². The Morgan fingerprint density at radius 3 is 2.50 bits per heavy atom. The second-order valence-electron chi connectivity index (χ2n) is 4.37. The van der Waals surface area contributed by atoms with Gasteiger partial charge in [0, 0.05) is 19.4 Å². The molecular formula is C12H22N2OS. The summed E-state index contributed by atoms with van der Waals surface area (Å²) in [6.45, 7) is 3.58. The van der Waals surface area contributed by atoms with Crippen LogP contribution in [-0.2, 0) is 11.2 Å². The summed E-state index contributed by atoms with van der Waals surface area (Å²) < 4.78 is 11.6. The maximum absolute atomic E-state index is 11.6. The van der Waals surface area contributed by atoms with E-state index in [2.05, 4.69) is 11.0 Å². The number of unbranched alkanes of at least 4 members (excludes halogenated alkanes) is 2. The molecule has 1 unspecified atom stereocenters. The Labute approximate surface area is 102 Å². The second kappa shape index (κ2) is 8.86. The zero-order valence-corrected chi connectivity index (χ0v) is 10.8. The molecule has 0 radical (unpaired) electrons. The number of nitriles is 1. The molecule has 0 bridgehead atoms. The molecule has 1 saturated heterocycles. The lowest BCUT2D eigenvalue weighted by atomic mass is 10.3. The summed E-state index contributed by atoms with van der Waals surface area (Å²) in [5.41, 5.74) is 0. The average Bonchev–Trinajstić information content (AvgIpc) is 2.77. The fourth-order valence-corrected chi connectivity index (χ4v) is 3.21. The Balaban J connectivity index is 1.89. The van der Waals surface area contributed by atoms with Gasteiger partial charge in [0.15, 0.2) is 0 Å². The van der Waals surface area contributed by atoms with E-state index in [0.29, 0.717) is 6.42 Å². The fourth-order valence-electron chi connectivity index (χ4n) is 2.02. The highest BCUT2D eigenvalue weighted by Gasteiger charge is 2.12. The molecule has 0 aliphatic carbocycles. The Morgan fingerprint density at radius 1 is 1.12 bits per heavy atom. The minimum atomic E-state index is -0.660. The fraction of sp³-hybridized carbons (Fsp3) is 0.917. The zero-order valence-electron chi connectivity index (χ0n) is 9.99. The summed E-state index contributed by atoms with van der Waals surface area (Å²) >= 11 is -0.660. The van der Waals surface area contributed by atoms with Crippen molar-refractivity contribution in [3.05, 3.63) is 0 Å². The van der Waals surface area contributed by atoms with E-state index in [1.54, 1.807) is 0 Å². The third-order valence-electron chi connectivity index (χ3n) is 2.96. The smallest absolute Gasteiger partial charge is 0.106 e. The van der Waals surface area contributed by atoms with Crippen molar-refractivity contribution in [3.63, 3.8) is 0 Å². The van der Waals surface area contributed by atoms with Gasteiger partial charge in [-0.2, -0.15) is 5.26 Å². The van der Waals surface area contributed by atoms with Crippen molar-refractivity contribution in [2.75, 3.05) is 31.1 Å². The third-order valence-corrected chi connectivity index (χ3v) is 4.44. The molecule has 0 saturated carbocycles. The van der Waals surface area contributed by atoms with Gasteiger partial charge >= 0.3 is 0 Å². The molecule has 0 amide bonds. The Bertz CT molecular complexity index is 212. The third kappa shape index (κ3) is 6.37. The summed E-state index contributed by atoms with van der Waals surface area (Å²) in [7, 11) is 0. The molecule has 4 heteroatoms. The largest absolute Gasteiger partial charge is 0.616 e. The van der Waals surface area contributed by atoms with Crippen LogP contribution in [0.1, 0.15) is 38.5 Å². The monoisotopic (exact) mass is 242 g/mol. The van der Waals surface area contributed by atoms with Crippen LogP contribution in [0.4, 0.5) is 0 Å². The first-order chi connectivity index (χ1) is 7.83. The van der Waals surface area contributed by atoms with Gasteiger partial charge in [-0.05, 0) is 38.8 Å². The molecule has 3 nitrogen and oxygen atoms in total. The van der Waals surface area contributed by atoms with Crippen molar-refractivity contribution in [3.8, 4) is 6.07 Å². The highest BCUT2D eigenvalue weighted by molar-refractivity contribution is 7.91. The van der Waals surface area contributed by atoms with Crippen LogP contribution in [0.25, 0.3) is 0 Å². The maximum atomic E-state index is 11.6. The van der Waals surface area contributed by atoms with Crippen LogP contribution in [0.15, 0.2) is 0 Å². The van der Waals surface area contributed by atoms with E-state index in [1.807, 2.05) is 0 Å². The molecule has 0 aromatic rings. The molecule has 0 N–H and O–H groups in total. The van der Waals surface area contributed by atoms with Crippen molar-refractivity contribution >= 4 is 11.2 Å². The van der Waals surface area contributed by atoms with Crippen LogP contribution in [0.2, 0.25) is 0 Å². The summed E-state index contributed by atoms with van der Waals surface area (Å²) in [4.78, 5) is 2.47. The number of nitrogens with zero attached hydrogens (tertiary/aromatic N) is 2. The van der Waals surface area contributed by atoms with E-state index < -0.39 is 11.2 Å². The minimum Gasteiger partial charge on any atom is -0.616 e. The van der Waals surface area contributed by atoms with Gasteiger partial charge in [-0.15, -0.1) is 0 Å². The van der Waals surface area contributed by atoms with Crippen molar-refractivity contribution in [1.82, 2.24) is 4.90 Å². The highest BCUT2D eigenvalue weighted by Crippen LogP contribution is 2.08. The average molecular weight is 242 g/mol. The first-order valence-corrected chi connectivity index (χ1v) is 7.76. The minimum absolute atomic E-state index is 0.602. The van der Waals surface area contributed by atoms with Crippen LogP contribution in [0.3, 0.4) is 0 Å². The highest BCUT2D eigenvalue weighted by atomic mass is 32.2. The van der Waals surface area contributed by atoms with Gasteiger partial charge in [-0.25, -0.2) is 0 Å². The number of rotatable bonds is 8. The standard InChI is InChI=1S/C12H22N2OS/c13-7-2-1-5-11-16(15)12-6-10-14-8-3-4-9-14/h1-6,8-12H2. The quantitative estimate of drug-likeness (QED) is 0.482. The molecule has 16 heavy (non-hydrogen) atoms. The van der Waals surface area contributed by atoms with Crippen molar-refractivity contribution in [1.29, 1.82) is 5.26 Å². The lowest BCUT2D eigenvalue weighted by molar-refractivity contribution is 0.340. The predicted octanol–water partition coefficient (Wildman–Crippen LogP) is 1.91. The van der Waals surface area contributed by atoms with E-state index in [4.69, 9.17) is 5.26 Å². The SMILES string of the molecule is N#CCCCC[S+]([O-])CCCN1CCCC1. The molecule has 1 fully saturated rings. The normalized spacial score (nSPS) is 18.5. The van der Waals surface area contributed by atoms with Crippen molar-refractivity contribution in [2.45, 2.75) is 38.5 Å². The lowest BCUT2D eigenvalue weighted by Crippen LogP contribution is -2.23. The summed E-state index contributed by atoms with van der Waals surface area (Å²) in [5.74, 6) is 1.62. The second-order valence-corrected chi connectivity index (χ2v) is 6.06. The molecule has 0 aromatic carbocycles. The Morgan fingerprint density at radius 2 is 1.81 bits per heavy atom. The molecule has 0 spiro atoms. The molecule has 1 heterocycles. The molecule has 92 valence electrons. The Hall–Kier alpha value is -0.240. The first-order valence-electron chi connectivity index (χ1n) is 6.27. The molecule has 1 atom stereocenters. The van der Waals surface area contributed by atoms with Crippen LogP contribution < -0.4 is 0 Å². The van der Waals surface area contributed by atoms with Crippen LogP contribution in [0, 0.1) is 11.3 Å². The van der Waals surface area contributed by atoms with Gasteiger partial charge in [0.05, 0.1) is 6.07 Å². The number of likely N-dealkylation sites (tertiary alicyclic amines) is 1. The van der Waals surface area contributed by atoms with Crippen LogP contribution in [0.5, 0.6) is 0 Å². The molecule has 1 aliphatic rings. The lowest BCUT2D eigenvalue weighted by Gasteiger charge is -2.15.